The highest BCUT2D eigenvalue weighted by Crippen LogP contribution is 2.14. The molecule has 0 spiro atoms. The number of fused-ring (bicyclic) bond motifs is 1. The molecule has 3 aromatic heterocycles. The van der Waals surface area contributed by atoms with Crippen molar-refractivity contribution in [3.63, 3.8) is 0 Å². The summed E-state index contributed by atoms with van der Waals surface area (Å²) in [5.74, 6) is 0.792. The molecule has 0 saturated carbocycles. The van der Waals surface area contributed by atoms with Crippen LogP contribution in [0.5, 0.6) is 0 Å². The van der Waals surface area contributed by atoms with Crippen LogP contribution < -0.4 is 0 Å². The lowest BCUT2D eigenvalue weighted by atomic mass is 10.5. The molecule has 0 saturated heterocycles. The van der Waals surface area contributed by atoms with E-state index in [1.54, 1.807) is 6.07 Å². The normalized spacial score (nSPS) is 12.9. The van der Waals surface area contributed by atoms with Crippen LogP contribution in [0.25, 0.3) is 5.65 Å². The first-order valence-electron chi connectivity index (χ1n) is 5.58. The number of hydrogen-bond donors (Lipinski definition) is 0. The van der Waals surface area contributed by atoms with E-state index in [1.165, 1.54) is 6.26 Å². The van der Waals surface area contributed by atoms with E-state index in [9.17, 15) is 4.21 Å². The summed E-state index contributed by atoms with van der Waals surface area (Å²) in [5, 5.41) is 3.75. The lowest BCUT2D eigenvalue weighted by Gasteiger charge is -1.95. The van der Waals surface area contributed by atoms with Gasteiger partial charge in [-0.15, -0.1) is 0 Å². The van der Waals surface area contributed by atoms with Gasteiger partial charge in [-0.3, -0.25) is 4.21 Å². The lowest BCUT2D eigenvalue weighted by Crippen LogP contribution is -1.99. The molecule has 5 nitrogen and oxygen atoms in total. The predicted molar refractivity (Wildman–Crippen MR) is 74.9 cm³/mol. The molecule has 3 aromatic rings. The fourth-order valence-electron chi connectivity index (χ4n) is 1.78. The SMILES string of the molecule is O=[S@](Cc1ccon1)Cc1cn2cc(Br)ccc2n1. The highest BCUT2D eigenvalue weighted by Gasteiger charge is 2.09. The summed E-state index contributed by atoms with van der Waals surface area (Å²) >= 11 is 3.41. The molecule has 0 aliphatic heterocycles. The quantitative estimate of drug-likeness (QED) is 0.732. The van der Waals surface area contributed by atoms with Crippen molar-refractivity contribution in [2.24, 2.45) is 0 Å². The van der Waals surface area contributed by atoms with Crippen LogP contribution in [0.2, 0.25) is 0 Å². The minimum absolute atomic E-state index is 0.383. The number of halogens is 1. The first-order chi connectivity index (χ1) is 9.20. The molecule has 19 heavy (non-hydrogen) atoms. The Bertz CT molecular complexity index is 724. The highest BCUT2D eigenvalue weighted by molar-refractivity contribution is 9.10. The van der Waals surface area contributed by atoms with E-state index < -0.39 is 10.8 Å². The van der Waals surface area contributed by atoms with Crippen molar-refractivity contribution in [1.29, 1.82) is 0 Å². The van der Waals surface area contributed by atoms with Crippen molar-refractivity contribution < 1.29 is 8.73 Å². The third-order valence-corrected chi connectivity index (χ3v) is 4.28. The van der Waals surface area contributed by atoms with E-state index in [0.717, 1.165) is 15.8 Å². The van der Waals surface area contributed by atoms with Crippen molar-refractivity contribution >= 4 is 32.4 Å². The largest absolute Gasteiger partial charge is 0.364 e. The second kappa shape index (κ2) is 5.26. The second-order valence-corrected chi connectivity index (χ2v) is 6.44. The van der Waals surface area contributed by atoms with Crippen LogP contribution in [0.4, 0.5) is 0 Å². The Morgan fingerprint density at radius 3 is 2.84 bits per heavy atom. The summed E-state index contributed by atoms with van der Waals surface area (Å²) in [6, 6.07) is 5.56. The van der Waals surface area contributed by atoms with E-state index in [4.69, 9.17) is 4.52 Å². The van der Waals surface area contributed by atoms with Crippen molar-refractivity contribution in [3.05, 3.63) is 52.7 Å². The third kappa shape index (κ3) is 2.93. The van der Waals surface area contributed by atoms with Gasteiger partial charge < -0.3 is 8.92 Å². The van der Waals surface area contributed by atoms with Gasteiger partial charge in [0.05, 0.1) is 22.9 Å². The minimum Gasteiger partial charge on any atom is -0.364 e. The van der Waals surface area contributed by atoms with Gasteiger partial charge >= 0.3 is 0 Å². The van der Waals surface area contributed by atoms with Crippen molar-refractivity contribution in [3.8, 4) is 0 Å². The van der Waals surface area contributed by atoms with Gasteiger partial charge in [-0.25, -0.2) is 4.98 Å². The van der Waals surface area contributed by atoms with Crippen LogP contribution in [-0.4, -0.2) is 18.8 Å². The summed E-state index contributed by atoms with van der Waals surface area (Å²) in [6.07, 6.45) is 5.29. The summed E-state index contributed by atoms with van der Waals surface area (Å²) in [6.45, 7) is 0. The van der Waals surface area contributed by atoms with Crippen LogP contribution in [0.1, 0.15) is 11.4 Å². The molecule has 0 unspecified atom stereocenters. The molecule has 0 aliphatic rings. The van der Waals surface area contributed by atoms with Gasteiger partial charge in [0.1, 0.15) is 11.9 Å². The summed E-state index contributed by atoms with van der Waals surface area (Å²) in [7, 11) is -1.04. The Labute approximate surface area is 120 Å². The molecule has 0 aromatic carbocycles. The van der Waals surface area contributed by atoms with Crippen LogP contribution in [-0.2, 0) is 22.3 Å². The molecule has 0 aliphatic carbocycles. The van der Waals surface area contributed by atoms with Gasteiger partial charge in [-0.05, 0) is 28.1 Å². The Kier molecular flexibility index (Phi) is 3.48. The average Bonchev–Trinajstić information content (AvgIpc) is 2.97. The average molecular weight is 340 g/mol. The zero-order valence-corrected chi connectivity index (χ0v) is 12.2. The van der Waals surface area contributed by atoms with E-state index >= 15 is 0 Å². The molecule has 7 heteroatoms. The van der Waals surface area contributed by atoms with Crippen molar-refractivity contribution in [2.45, 2.75) is 11.5 Å². The molecule has 0 N–H and O–H groups in total. The molecule has 3 heterocycles. The molecule has 0 bridgehead atoms. The predicted octanol–water partition coefficient (Wildman–Crippen LogP) is 2.53. The molecule has 0 radical (unpaired) electrons. The monoisotopic (exact) mass is 339 g/mol. The highest BCUT2D eigenvalue weighted by atomic mass is 79.9. The Morgan fingerprint density at radius 2 is 2.05 bits per heavy atom. The number of pyridine rings is 1. The Hall–Kier alpha value is -1.47. The zero-order chi connectivity index (χ0) is 13.2. The van der Waals surface area contributed by atoms with Gasteiger partial charge in [0.25, 0.3) is 0 Å². The zero-order valence-electron chi connectivity index (χ0n) is 9.82. The molecule has 0 amide bonds. The summed E-state index contributed by atoms with van der Waals surface area (Å²) in [5.41, 5.74) is 2.35. The van der Waals surface area contributed by atoms with Crippen LogP contribution >= 0.6 is 15.9 Å². The van der Waals surface area contributed by atoms with E-state index in [0.29, 0.717) is 17.2 Å². The maximum atomic E-state index is 12.0. The van der Waals surface area contributed by atoms with E-state index in [-0.39, 0.29) is 0 Å². The van der Waals surface area contributed by atoms with Gasteiger partial charge in [0.2, 0.25) is 0 Å². The number of nitrogens with zero attached hydrogens (tertiary/aromatic N) is 3. The minimum atomic E-state index is -1.04. The van der Waals surface area contributed by atoms with Gasteiger partial charge in [0.15, 0.2) is 0 Å². The van der Waals surface area contributed by atoms with Gasteiger partial charge in [0, 0.05) is 33.7 Å². The Balaban J connectivity index is 1.76. The Morgan fingerprint density at radius 1 is 1.21 bits per heavy atom. The molecule has 3 rings (SSSR count). The van der Waals surface area contributed by atoms with Crippen molar-refractivity contribution in [2.75, 3.05) is 0 Å². The van der Waals surface area contributed by atoms with Crippen molar-refractivity contribution in [1.82, 2.24) is 14.5 Å². The number of aromatic nitrogens is 3. The number of hydrogen-bond acceptors (Lipinski definition) is 4. The lowest BCUT2D eigenvalue weighted by molar-refractivity contribution is 0.414. The molecular weight excluding hydrogens is 330 g/mol. The fraction of sp³-hybridized carbons (Fsp3) is 0.167. The fourth-order valence-corrected chi connectivity index (χ4v) is 3.18. The van der Waals surface area contributed by atoms with E-state index in [2.05, 4.69) is 26.1 Å². The second-order valence-electron chi connectivity index (χ2n) is 4.06. The maximum Gasteiger partial charge on any atom is 0.137 e. The third-order valence-electron chi connectivity index (χ3n) is 2.57. The topological polar surface area (TPSA) is 60.4 Å². The molecule has 0 fully saturated rings. The number of rotatable bonds is 4. The molecule has 98 valence electrons. The van der Waals surface area contributed by atoms with Gasteiger partial charge in [-0.2, -0.15) is 0 Å². The molecule has 1 atom stereocenters. The summed E-state index contributed by atoms with van der Waals surface area (Å²) < 4.78 is 19.6. The standard InChI is InChI=1S/C12H10BrN3O2S/c13-9-1-2-12-14-11(6-16(12)5-9)8-19(17)7-10-3-4-18-15-10/h1-6H,7-8H2/t19-/m1/s1. The van der Waals surface area contributed by atoms with Crippen LogP contribution in [0.3, 0.4) is 0 Å². The van der Waals surface area contributed by atoms with E-state index in [1.807, 2.05) is 28.9 Å². The summed E-state index contributed by atoms with van der Waals surface area (Å²) in [4.78, 5) is 4.43. The molecular formula is C12H10BrN3O2S. The van der Waals surface area contributed by atoms with Gasteiger partial charge in [-0.1, -0.05) is 5.16 Å². The first-order valence-corrected chi connectivity index (χ1v) is 7.86. The first kappa shape index (κ1) is 12.6. The van der Waals surface area contributed by atoms with Crippen LogP contribution in [0.15, 0.2) is 45.9 Å². The number of imidazole rings is 1. The smallest absolute Gasteiger partial charge is 0.137 e. The van der Waals surface area contributed by atoms with Crippen LogP contribution in [0, 0.1) is 0 Å². The maximum absolute atomic E-state index is 12.0.